The van der Waals surface area contributed by atoms with Crippen molar-refractivity contribution in [2.24, 2.45) is 0 Å². The molecular weight excluding hydrogens is 1010 g/mol. The molecule has 0 aromatic heterocycles. The lowest BCUT2D eigenvalue weighted by atomic mass is 9.97. The molecule has 12 rings (SSSR count). The third kappa shape index (κ3) is 12.0. The standard InChI is InChI=1S/C82H64N2/c1-5-19-61-23-11-27-67(51-61)73-33-15-37-79(55-73)83(77-45-41-63(42-46-77)69-29-13-31-71(53-69)65-25-9-21-59(7-3)49-65)81-39-17-35-75(57-81)76-36-18-40-82(58-76)84(80-38-16-34-74(56-80)68-28-12-24-62(52-68)20-6-2)78-47-43-64(44-48-78)70-30-14-32-72(54-70)66-26-10-22-60(8-4)50-66/h5-58H,3-4H2,1-2H3/b19-5+,20-6+. The van der Waals surface area contributed by atoms with Crippen LogP contribution in [-0.2, 0) is 0 Å². The van der Waals surface area contributed by atoms with Crippen molar-refractivity contribution in [1.82, 2.24) is 0 Å². The van der Waals surface area contributed by atoms with Crippen molar-refractivity contribution in [3.05, 3.63) is 339 Å². The second-order valence-electron chi connectivity index (χ2n) is 21.0. The summed E-state index contributed by atoms with van der Waals surface area (Å²) < 4.78 is 0. The molecule has 0 aliphatic heterocycles. The van der Waals surface area contributed by atoms with Crippen molar-refractivity contribution in [2.75, 3.05) is 9.80 Å². The maximum atomic E-state index is 4.00. The first-order chi connectivity index (χ1) is 41.4. The Hall–Kier alpha value is -10.8. The van der Waals surface area contributed by atoms with Gasteiger partial charge in [0.15, 0.2) is 0 Å². The SMILES string of the molecule is C=Cc1cccc(-c2cccc(-c3ccc(N(c4cccc(-c5cccc(/C=C/C)c5)c4)c4cccc(-c5cccc(N(c6ccc(-c7cccc(-c8cccc(C=C)c8)c7)cc6)c6cccc(-c7cccc(/C=C/C)c7)c6)c5)c4)cc3)c2)c1. The smallest absolute Gasteiger partial charge is 0.0467 e. The van der Waals surface area contributed by atoms with Crippen LogP contribution in [0.5, 0.6) is 0 Å². The van der Waals surface area contributed by atoms with Crippen LogP contribution in [0.15, 0.2) is 316 Å². The van der Waals surface area contributed by atoms with Crippen molar-refractivity contribution in [3.63, 3.8) is 0 Å². The van der Waals surface area contributed by atoms with Gasteiger partial charge >= 0.3 is 0 Å². The highest BCUT2D eigenvalue weighted by Crippen LogP contribution is 2.43. The fraction of sp³-hybridized carbons (Fsp3) is 0.0244. The fourth-order valence-electron chi connectivity index (χ4n) is 11.3. The van der Waals surface area contributed by atoms with Crippen LogP contribution < -0.4 is 9.80 Å². The van der Waals surface area contributed by atoms with Gasteiger partial charge < -0.3 is 9.80 Å². The second kappa shape index (κ2) is 24.9. The Morgan fingerprint density at radius 1 is 0.214 bits per heavy atom. The molecule has 0 amide bonds. The maximum absolute atomic E-state index is 4.00. The van der Waals surface area contributed by atoms with Gasteiger partial charge in [0.2, 0.25) is 0 Å². The number of rotatable bonds is 17. The fourth-order valence-corrected chi connectivity index (χ4v) is 11.3. The first-order valence-electron chi connectivity index (χ1n) is 28.7. The zero-order valence-electron chi connectivity index (χ0n) is 47.5. The first-order valence-corrected chi connectivity index (χ1v) is 28.7. The minimum atomic E-state index is 1.05. The summed E-state index contributed by atoms with van der Waals surface area (Å²) in [7, 11) is 0. The van der Waals surface area contributed by atoms with Gasteiger partial charge in [-0.2, -0.15) is 0 Å². The Kier molecular flexibility index (Phi) is 16.0. The zero-order valence-corrected chi connectivity index (χ0v) is 47.5. The molecule has 0 aliphatic rings. The van der Waals surface area contributed by atoms with E-state index in [1.165, 1.54) is 44.5 Å². The van der Waals surface area contributed by atoms with Crippen molar-refractivity contribution in [3.8, 4) is 77.9 Å². The molecule has 2 heteroatoms. The molecule has 2 nitrogen and oxygen atoms in total. The number of hydrogen-bond acceptors (Lipinski definition) is 2. The Bertz CT molecular complexity index is 4100. The largest absolute Gasteiger partial charge is 0.310 e. The average Bonchev–Trinajstić information content (AvgIpc) is 3.69. The highest BCUT2D eigenvalue weighted by Gasteiger charge is 2.19. The van der Waals surface area contributed by atoms with E-state index in [9.17, 15) is 0 Å². The molecule has 402 valence electrons. The van der Waals surface area contributed by atoms with Gasteiger partial charge in [-0.25, -0.2) is 0 Å². The summed E-state index contributed by atoms with van der Waals surface area (Å²) in [4.78, 5) is 4.76. The normalized spacial score (nSPS) is 11.2. The van der Waals surface area contributed by atoms with Crippen molar-refractivity contribution in [1.29, 1.82) is 0 Å². The van der Waals surface area contributed by atoms with Gasteiger partial charge in [0.05, 0.1) is 0 Å². The lowest BCUT2D eigenvalue weighted by Crippen LogP contribution is -2.10. The van der Waals surface area contributed by atoms with Crippen LogP contribution >= 0.6 is 0 Å². The van der Waals surface area contributed by atoms with Crippen LogP contribution in [0.3, 0.4) is 0 Å². The molecule has 12 aromatic carbocycles. The summed E-state index contributed by atoms with van der Waals surface area (Å²) in [6.07, 6.45) is 12.3. The van der Waals surface area contributed by atoms with Crippen LogP contribution in [0, 0.1) is 0 Å². The molecule has 0 atom stereocenters. The third-order valence-electron chi connectivity index (χ3n) is 15.5. The van der Waals surface area contributed by atoms with Gasteiger partial charge in [-0.1, -0.05) is 232 Å². The Morgan fingerprint density at radius 2 is 0.440 bits per heavy atom. The summed E-state index contributed by atoms with van der Waals surface area (Å²) >= 11 is 0. The van der Waals surface area contributed by atoms with Crippen LogP contribution in [0.4, 0.5) is 34.1 Å². The molecule has 0 radical (unpaired) electrons. The summed E-state index contributed by atoms with van der Waals surface area (Å²) in [5, 5.41) is 0. The van der Waals surface area contributed by atoms with Crippen LogP contribution in [-0.4, -0.2) is 0 Å². The molecule has 0 unspecified atom stereocenters. The molecule has 0 bridgehead atoms. The van der Waals surface area contributed by atoms with Crippen LogP contribution in [0.25, 0.3) is 102 Å². The quantitative estimate of drug-likeness (QED) is 0.0897. The minimum Gasteiger partial charge on any atom is -0.310 e. The Morgan fingerprint density at radius 3 is 0.726 bits per heavy atom. The molecule has 0 aliphatic carbocycles. The highest BCUT2D eigenvalue weighted by molar-refractivity contribution is 5.87. The summed E-state index contributed by atoms with van der Waals surface area (Å²) in [5.74, 6) is 0. The van der Waals surface area contributed by atoms with Gasteiger partial charge in [0.25, 0.3) is 0 Å². The van der Waals surface area contributed by atoms with E-state index in [4.69, 9.17) is 0 Å². The van der Waals surface area contributed by atoms with Crippen LogP contribution in [0.1, 0.15) is 36.1 Å². The van der Waals surface area contributed by atoms with E-state index in [2.05, 4.69) is 352 Å². The summed E-state index contributed by atoms with van der Waals surface area (Å²) in [5.41, 5.74) is 27.0. The lowest BCUT2D eigenvalue weighted by molar-refractivity contribution is 1.28. The van der Waals surface area contributed by atoms with Gasteiger partial charge in [-0.3, -0.25) is 0 Å². The molecule has 84 heavy (non-hydrogen) atoms. The van der Waals surface area contributed by atoms with Gasteiger partial charge in [0.1, 0.15) is 0 Å². The number of nitrogens with zero attached hydrogens (tertiary/aromatic N) is 2. The van der Waals surface area contributed by atoms with E-state index in [0.717, 1.165) is 89.8 Å². The molecule has 0 N–H and O–H groups in total. The van der Waals surface area contributed by atoms with Crippen molar-refractivity contribution in [2.45, 2.75) is 13.8 Å². The maximum Gasteiger partial charge on any atom is 0.0467 e. The first kappa shape index (κ1) is 53.8. The highest BCUT2D eigenvalue weighted by atomic mass is 15.1. The lowest BCUT2D eigenvalue weighted by Gasteiger charge is -2.28. The third-order valence-corrected chi connectivity index (χ3v) is 15.5. The van der Waals surface area contributed by atoms with E-state index in [-0.39, 0.29) is 0 Å². The second-order valence-corrected chi connectivity index (χ2v) is 21.0. The monoisotopic (exact) mass is 1080 g/mol. The summed E-state index contributed by atoms with van der Waals surface area (Å²) in [6, 6.07) is 106. The van der Waals surface area contributed by atoms with Crippen molar-refractivity contribution >= 4 is 58.4 Å². The molecule has 0 heterocycles. The predicted octanol–water partition coefficient (Wildman–Crippen LogP) is 23.6. The molecule has 0 spiro atoms. The van der Waals surface area contributed by atoms with E-state index in [1.807, 2.05) is 12.2 Å². The number of hydrogen-bond donors (Lipinski definition) is 0. The van der Waals surface area contributed by atoms with E-state index >= 15 is 0 Å². The van der Waals surface area contributed by atoms with Gasteiger partial charge in [-0.05, 0) is 223 Å². The number of allylic oxidation sites excluding steroid dienone is 2. The predicted molar refractivity (Wildman–Crippen MR) is 363 cm³/mol. The minimum absolute atomic E-state index is 1.05. The van der Waals surface area contributed by atoms with Gasteiger partial charge in [-0.15, -0.1) is 0 Å². The van der Waals surface area contributed by atoms with Crippen molar-refractivity contribution < 1.29 is 0 Å². The van der Waals surface area contributed by atoms with Gasteiger partial charge in [0, 0.05) is 34.1 Å². The summed E-state index contributed by atoms with van der Waals surface area (Å²) in [6.45, 7) is 12.1. The topological polar surface area (TPSA) is 6.48 Å². The Labute approximate surface area is 495 Å². The molecule has 12 aromatic rings. The molecule has 0 saturated carbocycles. The van der Waals surface area contributed by atoms with Crippen LogP contribution in [0.2, 0.25) is 0 Å². The number of anilines is 6. The van der Waals surface area contributed by atoms with E-state index in [0.29, 0.717) is 0 Å². The average molecular weight is 1080 g/mol. The molecule has 0 saturated heterocycles. The zero-order chi connectivity index (χ0) is 57.2. The molecule has 0 fully saturated rings. The van der Waals surface area contributed by atoms with E-state index < -0.39 is 0 Å². The number of benzene rings is 12. The molecular formula is C82H64N2. The van der Waals surface area contributed by atoms with E-state index in [1.54, 1.807) is 0 Å². The Balaban J connectivity index is 0.934.